The highest BCUT2D eigenvalue weighted by Crippen LogP contribution is 2.25. The van der Waals surface area contributed by atoms with Crippen LogP contribution >= 0.6 is 0 Å². The highest BCUT2D eigenvalue weighted by atomic mass is 16.3. The summed E-state index contributed by atoms with van der Waals surface area (Å²) in [5.74, 6) is -0.357. The van der Waals surface area contributed by atoms with Crippen molar-refractivity contribution in [3.63, 3.8) is 0 Å². The first-order chi connectivity index (χ1) is 15.1. The lowest BCUT2D eigenvalue weighted by atomic mass is 10.0. The molecule has 2 rings (SSSR count). The Hall–Kier alpha value is -2.67. The summed E-state index contributed by atoms with van der Waals surface area (Å²) in [6, 6.07) is 3.90. The number of aliphatic imine (C=N–C) groups is 1. The minimum atomic E-state index is -0.658. The summed E-state index contributed by atoms with van der Waals surface area (Å²) >= 11 is 0. The van der Waals surface area contributed by atoms with E-state index in [9.17, 15) is 14.7 Å². The number of aromatic amines is 1. The van der Waals surface area contributed by atoms with Gasteiger partial charge in [0.05, 0.1) is 11.4 Å². The number of nitrogens with zero attached hydrogens (tertiary/aromatic N) is 3. The van der Waals surface area contributed by atoms with E-state index in [4.69, 9.17) is 4.99 Å². The predicted octanol–water partition coefficient (Wildman–Crippen LogP) is 3.87. The fraction of sp³-hybridized carbons (Fsp3) is 0.560. The standard InChI is InChI=1S/C25H38N4O3/c1-8-20(26-19(7)12-11-13-28(9-2)10-3)21-23(30)27-25(32)29(24(21)31)22-17(5)14-16(4)15-18(22)6/h14-15,19,31H,8-13H2,1-7H3,(H,27,30,32)/t19-/m1/s1. The number of nitrogens with one attached hydrogen (secondary N) is 1. The molecular weight excluding hydrogens is 404 g/mol. The monoisotopic (exact) mass is 442 g/mol. The molecule has 1 aromatic heterocycles. The van der Waals surface area contributed by atoms with Gasteiger partial charge in [-0.2, -0.15) is 0 Å². The van der Waals surface area contributed by atoms with Gasteiger partial charge in [-0.3, -0.25) is 14.8 Å². The third-order valence-electron chi connectivity index (χ3n) is 5.94. The summed E-state index contributed by atoms with van der Waals surface area (Å²) in [7, 11) is 0. The summed E-state index contributed by atoms with van der Waals surface area (Å²) in [5.41, 5.74) is 2.65. The third-order valence-corrected chi connectivity index (χ3v) is 5.94. The Morgan fingerprint density at radius 2 is 1.72 bits per heavy atom. The topological polar surface area (TPSA) is 90.7 Å². The molecule has 0 spiro atoms. The van der Waals surface area contributed by atoms with Crippen LogP contribution in [0.15, 0.2) is 26.7 Å². The molecule has 1 heterocycles. The van der Waals surface area contributed by atoms with Gasteiger partial charge >= 0.3 is 5.69 Å². The normalized spacial score (nSPS) is 13.1. The van der Waals surface area contributed by atoms with Gasteiger partial charge in [0.15, 0.2) is 0 Å². The molecule has 0 saturated carbocycles. The largest absolute Gasteiger partial charge is 0.493 e. The molecule has 0 amide bonds. The lowest BCUT2D eigenvalue weighted by Crippen LogP contribution is -2.34. The summed E-state index contributed by atoms with van der Waals surface area (Å²) in [6.45, 7) is 17.0. The minimum absolute atomic E-state index is 0.00235. The van der Waals surface area contributed by atoms with Crippen LogP contribution in [0.25, 0.3) is 5.69 Å². The Bertz CT molecular complexity index is 1050. The molecule has 0 saturated heterocycles. The molecule has 1 atom stereocenters. The van der Waals surface area contributed by atoms with E-state index in [-0.39, 0.29) is 17.5 Å². The fourth-order valence-corrected chi connectivity index (χ4v) is 4.33. The van der Waals surface area contributed by atoms with Gasteiger partial charge in [0, 0.05) is 6.04 Å². The quantitative estimate of drug-likeness (QED) is 0.547. The van der Waals surface area contributed by atoms with Crippen LogP contribution in [0.3, 0.4) is 0 Å². The summed E-state index contributed by atoms with van der Waals surface area (Å²) < 4.78 is 1.19. The summed E-state index contributed by atoms with van der Waals surface area (Å²) in [4.78, 5) is 34.9. The molecule has 0 unspecified atom stereocenters. The van der Waals surface area contributed by atoms with Crippen molar-refractivity contribution in [3.05, 3.63) is 55.2 Å². The Labute approximate surface area is 190 Å². The smallest absolute Gasteiger partial charge is 0.335 e. The van der Waals surface area contributed by atoms with Gasteiger partial charge in [0.1, 0.15) is 5.56 Å². The Kier molecular flexibility index (Phi) is 9.01. The summed E-state index contributed by atoms with van der Waals surface area (Å²) in [5, 5.41) is 11.1. The first-order valence-electron chi connectivity index (χ1n) is 11.6. The third kappa shape index (κ3) is 5.76. The first kappa shape index (κ1) is 25.6. The highest BCUT2D eigenvalue weighted by Gasteiger charge is 2.22. The van der Waals surface area contributed by atoms with Crippen LogP contribution in [-0.4, -0.2) is 50.9 Å². The zero-order valence-corrected chi connectivity index (χ0v) is 20.6. The van der Waals surface area contributed by atoms with Crippen molar-refractivity contribution in [3.8, 4) is 11.6 Å². The predicted molar refractivity (Wildman–Crippen MR) is 132 cm³/mol. The van der Waals surface area contributed by atoms with Gasteiger partial charge in [-0.05, 0) is 77.7 Å². The maximum absolute atomic E-state index is 12.7. The number of hydrogen-bond donors (Lipinski definition) is 2. The molecule has 0 aliphatic carbocycles. The molecule has 0 aliphatic heterocycles. The van der Waals surface area contributed by atoms with Crippen LogP contribution < -0.4 is 11.2 Å². The van der Waals surface area contributed by atoms with E-state index >= 15 is 0 Å². The number of benzene rings is 1. The average molecular weight is 443 g/mol. The maximum Gasteiger partial charge on any atom is 0.335 e. The van der Waals surface area contributed by atoms with E-state index in [0.717, 1.165) is 49.2 Å². The van der Waals surface area contributed by atoms with Gasteiger partial charge < -0.3 is 10.0 Å². The van der Waals surface area contributed by atoms with Crippen molar-refractivity contribution in [2.45, 2.75) is 73.8 Å². The molecule has 1 aromatic carbocycles. The van der Waals surface area contributed by atoms with Crippen LogP contribution in [0, 0.1) is 20.8 Å². The van der Waals surface area contributed by atoms with E-state index in [1.54, 1.807) is 0 Å². The summed E-state index contributed by atoms with van der Waals surface area (Å²) in [6.07, 6.45) is 2.36. The van der Waals surface area contributed by atoms with Gasteiger partial charge in [0.2, 0.25) is 5.88 Å². The van der Waals surface area contributed by atoms with Gasteiger partial charge in [-0.15, -0.1) is 0 Å². The number of aryl methyl sites for hydroxylation is 3. The molecular formula is C25H38N4O3. The second-order valence-corrected chi connectivity index (χ2v) is 8.49. The number of H-pyrrole nitrogens is 1. The van der Waals surface area contributed by atoms with E-state index in [1.807, 2.05) is 46.8 Å². The fourth-order valence-electron chi connectivity index (χ4n) is 4.33. The number of aromatic hydroxyl groups is 1. The minimum Gasteiger partial charge on any atom is -0.493 e. The van der Waals surface area contributed by atoms with E-state index < -0.39 is 11.2 Å². The van der Waals surface area contributed by atoms with Crippen molar-refractivity contribution in [2.24, 2.45) is 4.99 Å². The second-order valence-electron chi connectivity index (χ2n) is 8.49. The molecule has 2 N–H and O–H groups in total. The van der Waals surface area contributed by atoms with Crippen LogP contribution in [0.5, 0.6) is 5.88 Å². The Morgan fingerprint density at radius 1 is 1.12 bits per heavy atom. The molecule has 176 valence electrons. The van der Waals surface area contributed by atoms with Crippen molar-refractivity contribution >= 4 is 5.71 Å². The maximum atomic E-state index is 12.7. The number of aromatic nitrogens is 2. The molecule has 0 fully saturated rings. The molecule has 7 heteroatoms. The van der Waals surface area contributed by atoms with Crippen LogP contribution in [0.4, 0.5) is 0 Å². The highest BCUT2D eigenvalue weighted by molar-refractivity contribution is 6.02. The van der Waals surface area contributed by atoms with Gasteiger partial charge in [-0.25, -0.2) is 9.36 Å². The molecule has 7 nitrogen and oxygen atoms in total. The van der Waals surface area contributed by atoms with Crippen molar-refractivity contribution in [1.29, 1.82) is 0 Å². The van der Waals surface area contributed by atoms with Gasteiger partial charge in [-0.1, -0.05) is 38.5 Å². The molecule has 0 radical (unpaired) electrons. The van der Waals surface area contributed by atoms with Crippen LogP contribution in [0.2, 0.25) is 0 Å². The molecule has 2 aromatic rings. The van der Waals surface area contributed by atoms with E-state index in [0.29, 0.717) is 17.8 Å². The lowest BCUT2D eigenvalue weighted by Gasteiger charge is -2.19. The van der Waals surface area contributed by atoms with Crippen LogP contribution in [-0.2, 0) is 0 Å². The lowest BCUT2D eigenvalue weighted by molar-refractivity contribution is 0.294. The zero-order valence-electron chi connectivity index (χ0n) is 20.6. The van der Waals surface area contributed by atoms with Crippen molar-refractivity contribution in [2.75, 3.05) is 19.6 Å². The van der Waals surface area contributed by atoms with E-state index in [1.165, 1.54) is 4.57 Å². The zero-order chi connectivity index (χ0) is 24.0. The number of rotatable bonds is 10. The molecule has 32 heavy (non-hydrogen) atoms. The van der Waals surface area contributed by atoms with Gasteiger partial charge in [0.25, 0.3) is 5.56 Å². The van der Waals surface area contributed by atoms with Crippen LogP contribution in [0.1, 0.15) is 69.2 Å². The first-order valence-corrected chi connectivity index (χ1v) is 11.6. The Morgan fingerprint density at radius 3 is 2.25 bits per heavy atom. The van der Waals surface area contributed by atoms with Crippen molar-refractivity contribution in [1.82, 2.24) is 14.5 Å². The second kappa shape index (κ2) is 11.3. The van der Waals surface area contributed by atoms with Crippen molar-refractivity contribution < 1.29 is 5.11 Å². The molecule has 0 bridgehead atoms. The number of hydrogen-bond acceptors (Lipinski definition) is 5. The molecule has 0 aliphatic rings. The SMILES string of the molecule is CCC(=N[C@H](C)CCCN(CC)CC)c1c(O)n(-c2c(C)cc(C)cc2C)c(=O)[nH]c1=O. The van der Waals surface area contributed by atoms with E-state index in [2.05, 4.69) is 23.7 Å². The Balaban J connectivity index is 2.48. The average Bonchev–Trinajstić information content (AvgIpc) is 2.71.